The van der Waals surface area contributed by atoms with E-state index >= 15 is 0 Å². The Morgan fingerprint density at radius 3 is 2.33 bits per heavy atom. The van der Waals surface area contributed by atoms with Crippen molar-refractivity contribution in [2.45, 2.75) is 45.6 Å². The Morgan fingerprint density at radius 2 is 1.76 bits per heavy atom. The first-order chi connectivity index (χ1) is 10.2. The minimum atomic E-state index is 0.0923. The molecule has 0 saturated heterocycles. The molecule has 21 heavy (non-hydrogen) atoms. The van der Waals surface area contributed by atoms with Crippen molar-refractivity contribution in [2.24, 2.45) is 0 Å². The van der Waals surface area contributed by atoms with Gasteiger partial charge in [-0.05, 0) is 51.0 Å². The highest BCUT2D eigenvalue weighted by atomic mass is 16.1. The first-order valence-corrected chi connectivity index (χ1v) is 8.11. The van der Waals surface area contributed by atoms with E-state index in [1.807, 2.05) is 12.1 Å². The summed E-state index contributed by atoms with van der Waals surface area (Å²) in [6.45, 7) is 6.67. The second-order valence-corrected chi connectivity index (χ2v) is 5.62. The Morgan fingerprint density at radius 1 is 1.14 bits per heavy atom. The average molecular weight is 289 g/mol. The summed E-state index contributed by atoms with van der Waals surface area (Å²) in [5.74, 6) is 0.0923. The molecule has 1 aliphatic rings. The van der Waals surface area contributed by atoms with Gasteiger partial charge in [-0.1, -0.05) is 12.8 Å². The molecular weight excluding hydrogens is 262 g/mol. The lowest BCUT2D eigenvalue weighted by Crippen LogP contribution is -2.36. The standard InChI is InChI=1S/C17H27N3O/c1-3-20(4-2)16-11-9-14(10-12-16)18-13-17(21)19-15-7-5-6-8-15/h9-12,15,18H,3-8,13H2,1-2H3,(H,19,21). The molecule has 4 heteroatoms. The smallest absolute Gasteiger partial charge is 0.239 e. The third kappa shape index (κ3) is 4.66. The second-order valence-electron chi connectivity index (χ2n) is 5.62. The first-order valence-electron chi connectivity index (χ1n) is 8.11. The van der Waals surface area contributed by atoms with Crippen LogP contribution >= 0.6 is 0 Å². The molecule has 1 aliphatic carbocycles. The normalized spacial score (nSPS) is 15.0. The molecule has 1 amide bonds. The van der Waals surface area contributed by atoms with E-state index in [4.69, 9.17) is 0 Å². The van der Waals surface area contributed by atoms with Gasteiger partial charge in [-0.2, -0.15) is 0 Å². The molecule has 1 aromatic rings. The Hall–Kier alpha value is -1.71. The summed E-state index contributed by atoms with van der Waals surface area (Å²) in [5, 5.41) is 6.28. The van der Waals surface area contributed by atoms with Crippen LogP contribution < -0.4 is 15.5 Å². The molecule has 0 heterocycles. The third-order valence-corrected chi connectivity index (χ3v) is 4.17. The predicted molar refractivity (Wildman–Crippen MR) is 88.9 cm³/mol. The number of benzene rings is 1. The molecule has 116 valence electrons. The van der Waals surface area contributed by atoms with Crippen LogP contribution in [0, 0.1) is 0 Å². The van der Waals surface area contributed by atoms with Crippen LogP contribution in [-0.2, 0) is 4.79 Å². The second kappa shape index (κ2) is 7.91. The van der Waals surface area contributed by atoms with Gasteiger partial charge in [0.2, 0.25) is 5.91 Å². The lowest BCUT2D eigenvalue weighted by atomic mass is 10.2. The van der Waals surface area contributed by atoms with E-state index < -0.39 is 0 Å². The Balaban J connectivity index is 1.78. The molecule has 0 radical (unpaired) electrons. The van der Waals surface area contributed by atoms with Gasteiger partial charge in [0.25, 0.3) is 0 Å². The molecular formula is C17H27N3O. The van der Waals surface area contributed by atoms with Crippen LogP contribution in [0.25, 0.3) is 0 Å². The largest absolute Gasteiger partial charge is 0.376 e. The maximum absolute atomic E-state index is 11.9. The predicted octanol–water partition coefficient (Wildman–Crippen LogP) is 3.00. The molecule has 0 unspecified atom stereocenters. The number of hydrogen-bond donors (Lipinski definition) is 2. The summed E-state index contributed by atoms with van der Waals surface area (Å²) in [6, 6.07) is 8.67. The van der Waals surface area contributed by atoms with Crippen LogP contribution in [0.3, 0.4) is 0 Å². The number of rotatable bonds is 7. The van der Waals surface area contributed by atoms with E-state index in [9.17, 15) is 4.79 Å². The van der Waals surface area contributed by atoms with Crippen molar-refractivity contribution >= 4 is 17.3 Å². The van der Waals surface area contributed by atoms with Gasteiger partial charge in [-0.3, -0.25) is 4.79 Å². The highest BCUT2D eigenvalue weighted by Crippen LogP contribution is 2.18. The molecule has 0 atom stereocenters. The fourth-order valence-corrected chi connectivity index (χ4v) is 2.91. The van der Waals surface area contributed by atoms with Gasteiger partial charge < -0.3 is 15.5 Å². The topological polar surface area (TPSA) is 44.4 Å². The lowest BCUT2D eigenvalue weighted by Gasteiger charge is -2.21. The molecule has 0 aromatic heterocycles. The van der Waals surface area contributed by atoms with Crippen LogP contribution in [0.15, 0.2) is 24.3 Å². The highest BCUT2D eigenvalue weighted by Gasteiger charge is 2.16. The van der Waals surface area contributed by atoms with Crippen LogP contribution in [0.4, 0.5) is 11.4 Å². The SMILES string of the molecule is CCN(CC)c1ccc(NCC(=O)NC2CCCC2)cc1. The van der Waals surface area contributed by atoms with E-state index in [-0.39, 0.29) is 5.91 Å². The van der Waals surface area contributed by atoms with Gasteiger partial charge in [-0.15, -0.1) is 0 Å². The number of amides is 1. The fourth-order valence-electron chi connectivity index (χ4n) is 2.91. The lowest BCUT2D eigenvalue weighted by molar-refractivity contribution is -0.120. The number of carbonyl (C=O) groups excluding carboxylic acids is 1. The van der Waals surface area contributed by atoms with Gasteiger partial charge in [0.05, 0.1) is 6.54 Å². The zero-order valence-corrected chi connectivity index (χ0v) is 13.2. The van der Waals surface area contributed by atoms with Gasteiger partial charge in [-0.25, -0.2) is 0 Å². The summed E-state index contributed by atoms with van der Waals surface area (Å²) in [4.78, 5) is 14.2. The molecule has 0 aliphatic heterocycles. The van der Waals surface area contributed by atoms with Crippen LogP contribution in [0.5, 0.6) is 0 Å². The van der Waals surface area contributed by atoms with Crippen molar-refractivity contribution in [1.82, 2.24) is 5.32 Å². The molecule has 2 rings (SSSR count). The Kier molecular flexibility index (Phi) is 5.90. The number of hydrogen-bond acceptors (Lipinski definition) is 3. The van der Waals surface area contributed by atoms with Crippen molar-refractivity contribution < 1.29 is 4.79 Å². The average Bonchev–Trinajstić information content (AvgIpc) is 3.00. The maximum atomic E-state index is 11.9. The van der Waals surface area contributed by atoms with Crippen molar-refractivity contribution in [2.75, 3.05) is 29.9 Å². The minimum absolute atomic E-state index is 0.0923. The van der Waals surface area contributed by atoms with Gasteiger partial charge in [0.15, 0.2) is 0 Å². The Bertz CT molecular complexity index is 434. The van der Waals surface area contributed by atoms with E-state index in [0.29, 0.717) is 12.6 Å². The van der Waals surface area contributed by atoms with Crippen LogP contribution in [0.2, 0.25) is 0 Å². The molecule has 0 bridgehead atoms. The summed E-state index contributed by atoms with van der Waals surface area (Å²) in [7, 11) is 0. The molecule has 1 aromatic carbocycles. The summed E-state index contributed by atoms with van der Waals surface area (Å²) in [6.07, 6.45) is 4.74. The third-order valence-electron chi connectivity index (χ3n) is 4.17. The van der Waals surface area contributed by atoms with Gasteiger partial charge >= 0.3 is 0 Å². The number of anilines is 2. The molecule has 1 saturated carbocycles. The van der Waals surface area contributed by atoms with E-state index in [2.05, 4.69) is 41.5 Å². The van der Waals surface area contributed by atoms with Crippen molar-refractivity contribution in [1.29, 1.82) is 0 Å². The number of carbonyl (C=O) groups is 1. The minimum Gasteiger partial charge on any atom is -0.376 e. The zero-order valence-electron chi connectivity index (χ0n) is 13.2. The molecule has 0 spiro atoms. The number of nitrogens with one attached hydrogen (secondary N) is 2. The first kappa shape index (κ1) is 15.7. The molecule has 4 nitrogen and oxygen atoms in total. The van der Waals surface area contributed by atoms with E-state index in [1.54, 1.807) is 0 Å². The van der Waals surface area contributed by atoms with Crippen LogP contribution in [0.1, 0.15) is 39.5 Å². The summed E-state index contributed by atoms with van der Waals surface area (Å²) >= 11 is 0. The quantitative estimate of drug-likeness (QED) is 0.811. The zero-order chi connectivity index (χ0) is 15.1. The monoisotopic (exact) mass is 289 g/mol. The van der Waals surface area contributed by atoms with E-state index in [0.717, 1.165) is 31.6 Å². The number of nitrogens with zero attached hydrogens (tertiary/aromatic N) is 1. The highest BCUT2D eigenvalue weighted by molar-refractivity contribution is 5.81. The summed E-state index contributed by atoms with van der Waals surface area (Å²) < 4.78 is 0. The maximum Gasteiger partial charge on any atom is 0.239 e. The van der Waals surface area contributed by atoms with Gasteiger partial charge in [0, 0.05) is 30.5 Å². The Labute approximate surface area is 127 Å². The fraction of sp³-hybridized carbons (Fsp3) is 0.588. The van der Waals surface area contributed by atoms with Crippen molar-refractivity contribution in [3.63, 3.8) is 0 Å². The molecule has 2 N–H and O–H groups in total. The van der Waals surface area contributed by atoms with Crippen molar-refractivity contribution in [3.05, 3.63) is 24.3 Å². The van der Waals surface area contributed by atoms with Crippen LogP contribution in [-0.4, -0.2) is 31.6 Å². The van der Waals surface area contributed by atoms with E-state index in [1.165, 1.54) is 18.5 Å². The summed E-state index contributed by atoms with van der Waals surface area (Å²) in [5.41, 5.74) is 2.22. The van der Waals surface area contributed by atoms with Crippen molar-refractivity contribution in [3.8, 4) is 0 Å². The molecule has 1 fully saturated rings. The van der Waals surface area contributed by atoms with Gasteiger partial charge in [0.1, 0.15) is 0 Å².